The number of nitrogens with one attached hydrogen (secondary N) is 1. The number of hydrogen-bond donors (Lipinski definition) is 1. The summed E-state index contributed by atoms with van der Waals surface area (Å²) in [5, 5.41) is 11.0. The first-order valence-corrected chi connectivity index (χ1v) is 7.27. The summed E-state index contributed by atoms with van der Waals surface area (Å²) in [6.45, 7) is 10.5. The van der Waals surface area contributed by atoms with Crippen LogP contribution >= 0.6 is 0 Å². The third-order valence-electron chi connectivity index (χ3n) is 3.19. The second kappa shape index (κ2) is 7.22. The van der Waals surface area contributed by atoms with E-state index in [-0.39, 0.29) is 0 Å². The van der Waals surface area contributed by atoms with Gasteiger partial charge < -0.3 is 10.1 Å². The highest BCUT2D eigenvalue weighted by Gasteiger charge is 2.09. The molecule has 2 aromatic rings. The van der Waals surface area contributed by atoms with Crippen molar-refractivity contribution < 1.29 is 9.37 Å². The Kier molecular flexibility index (Phi) is 5.33. The summed E-state index contributed by atoms with van der Waals surface area (Å²) in [5.41, 5.74) is 3.88. The van der Waals surface area contributed by atoms with E-state index in [4.69, 9.17) is 4.74 Å². The molecule has 5 nitrogen and oxygen atoms in total. The van der Waals surface area contributed by atoms with Crippen LogP contribution in [-0.4, -0.2) is 16.9 Å². The highest BCUT2D eigenvalue weighted by Crippen LogP contribution is 2.21. The maximum absolute atomic E-state index is 5.87. The number of ether oxygens (including phenoxy) is 1. The van der Waals surface area contributed by atoms with E-state index < -0.39 is 0 Å². The van der Waals surface area contributed by atoms with Crippen LogP contribution in [0.1, 0.15) is 36.4 Å². The Labute approximate surface area is 125 Å². The van der Waals surface area contributed by atoms with Crippen LogP contribution in [0.3, 0.4) is 0 Å². The molecule has 0 fully saturated rings. The van der Waals surface area contributed by atoms with Crippen LogP contribution in [0.15, 0.2) is 22.8 Å². The normalized spacial score (nSPS) is 11.1. The lowest BCUT2D eigenvalue weighted by atomic mass is 10.1. The molecule has 1 N–H and O–H groups in total. The molecule has 5 heteroatoms. The van der Waals surface area contributed by atoms with Crippen molar-refractivity contribution in [3.63, 3.8) is 0 Å². The van der Waals surface area contributed by atoms with Gasteiger partial charge in [-0.3, -0.25) is 0 Å². The smallest absolute Gasteiger partial charge is 0.145 e. The van der Waals surface area contributed by atoms with Crippen molar-refractivity contribution in [1.82, 2.24) is 15.6 Å². The van der Waals surface area contributed by atoms with Gasteiger partial charge in [0.25, 0.3) is 0 Å². The van der Waals surface area contributed by atoms with E-state index in [0.29, 0.717) is 12.5 Å². The molecule has 0 spiro atoms. The molecule has 0 aliphatic carbocycles. The van der Waals surface area contributed by atoms with Crippen molar-refractivity contribution >= 4 is 0 Å². The molecule has 21 heavy (non-hydrogen) atoms. The van der Waals surface area contributed by atoms with Crippen LogP contribution in [0.2, 0.25) is 0 Å². The SMILES string of the molecule is Cc1ccc(OCc2nonc2C)c(CNCC(C)C)c1. The fourth-order valence-electron chi connectivity index (χ4n) is 2.01. The number of benzene rings is 1. The second-order valence-electron chi connectivity index (χ2n) is 5.72. The summed E-state index contributed by atoms with van der Waals surface area (Å²) in [5.74, 6) is 1.50. The minimum atomic E-state index is 0.371. The summed E-state index contributed by atoms with van der Waals surface area (Å²) < 4.78 is 10.6. The van der Waals surface area contributed by atoms with Gasteiger partial charge in [-0.2, -0.15) is 0 Å². The molecule has 0 bridgehead atoms. The average Bonchev–Trinajstić information content (AvgIpc) is 2.83. The summed E-state index contributed by atoms with van der Waals surface area (Å²) in [6.07, 6.45) is 0. The second-order valence-corrected chi connectivity index (χ2v) is 5.72. The van der Waals surface area contributed by atoms with Gasteiger partial charge in [-0.1, -0.05) is 41.9 Å². The monoisotopic (exact) mass is 289 g/mol. The van der Waals surface area contributed by atoms with Gasteiger partial charge in [-0.25, -0.2) is 4.63 Å². The molecule has 0 unspecified atom stereocenters. The van der Waals surface area contributed by atoms with Gasteiger partial charge in [0.2, 0.25) is 0 Å². The maximum Gasteiger partial charge on any atom is 0.145 e. The van der Waals surface area contributed by atoms with Gasteiger partial charge in [0.05, 0.1) is 0 Å². The van der Waals surface area contributed by atoms with Crippen molar-refractivity contribution in [3.05, 3.63) is 40.7 Å². The molecule has 2 rings (SSSR count). The lowest BCUT2D eigenvalue weighted by molar-refractivity contribution is 0.268. The third-order valence-corrected chi connectivity index (χ3v) is 3.19. The van der Waals surface area contributed by atoms with Gasteiger partial charge in [-0.05, 0) is 32.4 Å². The molecule has 0 aliphatic heterocycles. The quantitative estimate of drug-likeness (QED) is 0.849. The third kappa shape index (κ3) is 4.56. The van der Waals surface area contributed by atoms with Crippen LogP contribution < -0.4 is 10.1 Å². The summed E-state index contributed by atoms with van der Waals surface area (Å²) >= 11 is 0. The predicted molar refractivity (Wildman–Crippen MR) is 81.1 cm³/mol. The lowest BCUT2D eigenvalue weighted by Crippen LogP contribution is -2.19. The molecule has 0 saturated heterocycles. The Morgan fingerprint density at radius 1 is 1.24 bits per heavy atom. The van der Waals surface area contributed by atoms with E-state index in [1.165, 1.54) is 5.56 Å². The Hall–Kier alpha value is -1.88. The largest absolute Gasteiger partial charge is 0.487 e. The van der Waals surface area contributed by atoms with Crippen molar-refractivity contribution in [3.8, 4) is 5.75 Å². The summed E-state index contributed by atoms with van der Waals surface area (Å²) in [6, 6.07) is 6.20. The highest BCUT2D eigenvalue weighted by atomic mass is 16.6. The molecule has 0 aliphatic rings. The van der Waals surface area contributed by atoms with E-state index >= 15 is 0 Å². The summed E-state index contributed by atoms with van der Waals surface area (Å²) in [7, 11) is 0. The topological polar surface area (TPSA) is 60.2 Å². The molecular formula is C16H23N3O2. The van der Waals surface area contributed by atoms with E-state index in [9.17, 15) is 0 Å². The van der Waals surface area contributed by atoms with Gasteiger partial charge in [0.15, 0.2) is 0 Å². The molecule has 0 atom stereocenters. The predicted octanol–water partition coefficient (Wildman–Crippen LogP) is 3.01. The molecule has 1 heterocycles. The van der Waals surface area contributed by atoms with Crippen LogP contribution in [-0.2, 0) is 13.2 Å². The zero-order valence-electron chi connectivity index (χ0n) is 13.1. The van der Waals surface area contributed by atoms with Crippen LogP contribution in [0.4, 0.5) is 0 Å². The molecule has 0 amide bonds. The van der Waals surface area contributed by atoms with Crippen LogP contribution in [0, 0.1) is 19.8 Å². The number of rotatable bonds is 7. The zero-order valence-corrected chi connectivity index (χ0v) is 13.1. The molecule has 1 aromatic heterocycles. The molecular weight excluding hydrogens is 266 g/mol. The number of aromatic nitrogens is 2. The fourth-order valence-corrected chi connectivity index (χ4v) is 2.01. The van der Waals surface area contributed by atoms with Gasteiger partial charge >= 0.3 is 0 Å². The number of nitrogens with zero attached hydrogens (tertiary/aromatic N) is 2. The lowest BCUT2D eigenvalue weighted by Gasteiger charge is -2.13. The van der Waals surface area contributed by atoms with Crippen molar-refractivity contribution in [1.29, 1.82) is 0 Å². The van der Waals surface area contributed by atoms with E-state index in [0.717, 1.165) is 35.8 Å². The van der Waals surface area contributed by atoms with Gasteiger partial charge in [0.1, 0.15) is 23.7 Å². The zero-order chi connectivity index (χ0) is 15.2. The van der Waals surface area contributed by atoms with Gasteiger partial charge in [-0.15, -0.1) is 0 Å². The Morgan fingerprint density at radius 2 is 2.05 bits per heavy atom. The van der Waals surface area contributed by atoms with Crippen LogP contribution in [0.25, 0.3) is 0 Å². The number of hydrogen-bond acceptors (Lipinski definition) is 5. The van der Waals surface area contributed by atoms with E-state index in [1.54, 1.807) is 0 Å². The molecule has 0 saturated carbocycles. The first-order valence-electron chi connectivity index (χ1n) is 7.27. The van der Waals surface area contributed by atoms with Crippen molar-refractivity contribution in [2.24, 2.45) is 5.92 Å². The fraction of sp³-hybridized carbons (Fsp3) is 0.500. The molecule has 114 valence electrons. The molecule has 0 radical (unpaired) electrons. The van der Waals surface area contributed by atoms with Crippen LogP contribution in [0.5, 0.6) is 5.75 Å². The van der Waals surface area contributed by atoms with Gasteiger partial charge in [0, 0.05) is 12.1 Å². The minimum absolute atomic E-state index is 0.371. The standard InChI is InChI=1S/C16H23N3O2/c1-11(2)8-17-9-14-7-12(3)5-6-16(14)20-10-15-13(4)18-21-19-15/h5-7,11,17H,8-10H2,1-4H3. The molecule has 1 aromatic carbocycles. The Balaban J connectivity index is 2.02. The Bertz CT molecular complexity index is 579. The average molecular weight is 289 g/mol. The van der Waals surface area contributed by atoms with Crippen molar-refractivity contribution in [2.45, 2.75) is 40.8 Å². The maximum atomic E-state index is 5.87. The minimum Gasteiger partial charge on any atom is -0.487 e. The van der Waals surface area contributed by atoms with E-state index in [2.05, 4.69) is 53.2 Å². The van der Waals surface area contributed by atoms with E-state index in [1.807, 2.05) is 13.0 Å². The Morgan fingerprint density at radius 3 is 2.71 bits per heavy atom. The first kappa shape index (κ1) is 15.5. The first-order chi connectivity index (χ1) is 10.1. The highest BCUT2D eigenvalue weighted by molar-refractivity contribution is 5.37. The van der Waals surface area contributed by atoms with Crippen molar-refractivity contribution in [2.75, 3.05) is 6.54 Å². The summed E-state index contributed by atoms with van der Waals surface area (Å²) in [4.78, 5) is 0. The number of aryl methyl sites for hydroxylation is 2.